The third-order valence-electron chi connectivity index (χ3n) is 1.78. The summed E-state index contributed by atoms with van der Waals surface area (Å²) in [5.41, 5.74) is -0.329. The van der Waals surface area contributed by atoms with Crippen LogP contribution in [0.15, 0.2) is 0 Å². The van der Waals surface area contributed by atoms with E-state index in [0.29, 0.717) is 0 Å². The molecule has 0 aromatic rings. The Kier molecular flexibility index (Phi) is 3.56. The first-order valence-electron chi connectivity index (χ1n) is 4.11. The van der Waals surface area contributed by atoms with Crippen LogP contribution in [0.4, 0.5) is 0 Å². The number of ether oxygens (including phenoxy) is 1. The average Bonchev–Trinajstić information content (AvgIpc) is 1.86. The second-order valence-corrected chi connectivity index (χ2v) is 3.69. The molecule has 0 aliphatic carbocycles. The van der Waals surface area contributed by atoms with Crippen LogP contribution in [0.3, 0.4) is 0 Å². The average molecular weight is 158 g/mol. The van der Waals surface area contributed by atoms with Gasteiger partial charge < -0.3 is 4.74 Å². The summed E-state index contributed by atoms with van der Waals surface area (Å²) in [6, 6.07) is 0. The highest BCUT2D eigenvalue weighted by Gasteiger charge is 2.27. The molecule has 0 amide bonds. The van der Waals surface area contributed by atoms with Crippen LogP contribution in [0.2, 0.25) is 0 Å². The van der Waals surface area contributed by atoms with Gasteiger partial charge in [-0.25, -0.2) is 0 Å². The lowest BCUT2D eigenvalue weighted by molar-refractivity contribution is -0.158. The van der Waals surface area contributed by atoms with E-state index in [0.717, 1.165) is 6.42 Å². The van der Waals surface area contributed by atoms with Gasteiger partial charge >= 0.3 is 5.97 Å². The van der Waals surface area contributed by atoms with Crippen LogP contribution in [0.25, 0.3) is 0 Å². The van der Waals surface area contributed by atoms with E-state index in [1.54, 1.807) is 0 Å². The molecule has 0 rings (SSSR count). The van der Waals surface area contributed by atoms with Gasteiger partial charge in [-0.05, 0) is 34.1 Å². The van der Waals surface area contributed by atoms with Crippen LogP contribution in [-0.4, -0.2) is 12.1 Å². The van der Waals surface area contributed by atoms with E-state index in [9.17, 15) is 4.79 Å². The van der Waals surface area contributed by atoms with Gasteiger partial charge in [-0.2, -0.15) is 0 Å². The number of rotatable bonds is 3. The summed E-state index contributed by atoms with van der Waals surface area (Å²) in [5.74, 6) is -0.102. The molecular weight excluding hydrogens is 140 g/mol. The summed E-state index contributed by atoms with van der Waals surface area (Å²) in [4.78, 5) is 11.3. The molecule has 0 saturated carbocycles. The third kappa shape index (κ3) is 3.40. The van der Waals surface area contributed by atoms with Crippen molar-refractivity contribution in [3.8, 4) is 0 Å². The molecule has 0 aliphatic rings. The normalized spacial score (nSPS) is 11.8. The van der Waals surface area contributed by atoms with E-state index in [-0.39, 0.29) is 17.5 Å². The third-order valence-corrected chi connectivity index (χ3v) is 1.78. The Morgan fingerprint density at radius 3 is 2.18 bits per heavy atom. The largest absolute Gasteiger partial charge is 0.463 e. The van der Waals surface area contributed by atoms with E-state index in [1.807, 2.05) is 34.6 Å². The highest BCUT2D eigenvalue weighted by molar-refractivity contribution is 5.75. The van der Waals surface area contributed by atoms with Gasteiger partial charge in [0.2, 0.25) is 0 Å². The van der Waals surface area contributed by atoms with Crippen LogP contribution in [0.1, 0.15) is 41.0 Å². The van der Waals surface area contributed by atoms with Gasteiger partial charge in [-0.1, -0.05) is 6.92 Å². The summed E-state index contributed by atoms with van der Waals surface area (Å²) in [6.45, 7) is 9.52. The van der Waals surface area contributed by atoms with Crippen LogP contribution in [-0.2, 0) is 9.53 Å². The molecule has 0 heterocycles. The second-order valence-electron chi connectivity index (χ2n) is 3.69. The maximum absolute atomic E-state index is 11.3. The smallest absolute Gasteiger partial charge is 0.311 e. The fourth-order valence-corrected chi connectivity index (χ4v) is 0.518. The molecule has 0 unspecified atom stereocenters. The van der Waals surface area contributed by atoms with E-state index in [4.69, 9.17) is 4.74 Å². The quantitative estimate of drug-likeness (QED) is 0.589. The molecule has 2 nitrogen and oxygen atoms in total. The number of esters is 1. The van der Waals surface area contributed by atoms with E-state index >= 15 is 0 Å². The molecule has 11 heavy (non-hydrogen) atoms. The van der Waals surface area contributed by atoms with Crippen molar-refractivity contribution < 1.29 is 9.53 Å². The highest BCUT2D eigenvalue weighted by Crippen LogP contribution is 2.21. The van der Waals surface area contributed by atoms with Gasteiger partial charge in [0.15, 0.2) is 0 Å². The Bertz CT molecular complexity index is 136. The minimum Gasteiger partial charge on any atom is -0.463 e. The number of hydrogen-bond donors (Lipinski definition) is 0. The molecule has 0 N–H and O–H groups in total. The molecule has 0 saturated heterocycles. The second kappa shape index (κ2) is 3.74. The molecular formula is C9H18O2. The Hall–Kier alpha value is -0.530. The lowest BCUT2D eigenvalue weighted by atomic mass is 9.91. The zero-order chi connectivity index (χ0) is 9.07. The molecule has 0 spiro atoms. The molecule has 0 fully saturated rings. The van der Waals surface area contributed by atoms with Gasteiger partial charge in [0, 0.05) is 0 Å². The maximum atomic E-state index is 11.3. The van der Waals surface area contributed by atoms with Crippen LogP contribution in [0.5, 0.6) is 0 Å². The number of carbonyl (C=O) groups excluding carboxylic acids is 1. The monoisotopic (exact) mass is 158 g/mol. The number of carbonyl (C=O) groups is 1. The van der Waals surface area contributed by atoms with Crippen molar-refractivity contribution in [3.63, 3.8) is 0 Å². The Morgan fingerprint density at radius 1 is 1.45 bits per heavy atom. The van der Waals surface area contributed by atoms with Crippen molar-refractivity contribution in [2.45, 2.75) is 47.1 Å². The fraction of sp³-hybridized carbons (Fsp3) is 0.889. The van der Waals surface area contributed by atoms with Crippen molar-refractivity contribution in [2.24, 2.45) is 5.41 Å². The fourth-order valence-electron chi connectivity index (χ4n) is 0.518. The minimum absolute atomic E-state index is 0.00618. The van der Waals surface area contributed by atoms with Gasteiger partial charge in [0.1, 0.15) is 0 Å². The molecule has 0 bridgehead atoms. The SMILES string of the molecule is CCC(C)(C)C(=O)OC(C)C. The summed E-state index contributed by atoms with van der Waals surface area (Å²) >= 11 is 0. The van der Waals surface area contributed by atoms with E-state index in [2.05, 4.69) is 0 Å². The Balaban J connectivity index is 4.02. The van der Waals surface area contributed by atoms with Crippen molar-refractivity contribution in [2.75, 3.05) is 0 Å². The maximum Gasteiger partial charge on any atom is 0.311 e. The summed E-state index contributed by atoms with van der Waals surface area (Å²) < 4.78 is 5.07. The lowest BCUT2D eigenvalue weighted by Crippen LogP contribution is -2.28. The summed E-state index contributed by atoms with van der Waals surface area (Å²) in [7, 11) is 0. The van der Waals surface area contributed by atoms with E-state index in [1.165, 1.54) is 0 Å². The Labute approximate surface area is 68.9 Å². The van der Waals surface area contributed by atoms with Gasteiger partial charge in [-0.15, -0.1) is 0 Å². The summed E-state index contributed by atoms with van der Waals surface area (Å²) in [6.07, 6.45) is 0.812. The van der Waals surface area contributed by atoms with Crippen molar-refractivity contribution in [3.05, 3.63) is 0 Å². The highest BCUT2D eigenvalue weighted by atomic mass is 16.5. The van der Waals surface area contributed by atoms with Crippen molar-refractivity contribution in [1.29, 1.82) is 0 Å². The first-order chi connectivity index (χ1) is 4.90. The molecule has 0 atom stereocenters. The van der Waals surface area contributed by atoms with Crippen LogP contribution >= 0.6 is 0 Å². The lowest BCUT2D eigenvalue weighted by Gasteiger charge is -2.21. The van der Waals surface area contributed by atoms with Crippen LogP contribution < -0.4 is 0 Å². The van der Waals surface area contributed by atoms with Crippen molar-refractivity contribution >= 4 is 5.97 Å². The standard InChI is InChI=1S/C9H18O2/c1-6-9(4,5)8(10)11-7(2)3/h7H,6H2,1-5H3. The zero-order valence-corrected chi connectivity index (χ0v) is 8.10. The van der Waals surface area contributed by atoms with Gasteiger partial charge in [-0.3, -0.25) is 4.79 Å². The first kappa shape index (κ1) is 10.5. The topological polar surface area (TPSA) is 26.3 Å². The van der Waals surface area contributed by atoms with Crippen molar-refractivity contribution in [1.82, 2.24) is 0 Å². The minimum atomic E-state index is -0.329. The zero-order valence-electron chi connectivity index (χ0n) is 8.10. The molecule has 0 radical (unpaired) electrons. The summed E-state index contributed by atoms with van der Waals surface area (Å²) in [5, 5.41) is 0. The van der Waals surface area contributed by atoms with Gasteiger partial charge in [0.25, 0.3) is 0 Å². The number of hydrogen-bond acceptors (Lipinski definition) is 2. The Morgan fingerprint density at radius 2 is 1.91 bits per heavy atom. The first-order valence-corrected chi connectivity index (χ1v) is 4.11. The molecule has 0 aromatic carbocycles. The van der Waals surface area contributed by atoms with Gasteiger partial charge in [0.05, 0.1) is 11.5 Å². The molecule has 66 valence electrons. The van der Waals surface area contributed by atoms with Crippen LogP contribution in [0, 0.1) is 5.41 Å². The molecule has 0 aromatic heterocycles. The predicted octanol–water partition coefficient (Wildman–Crippen LogP) is 2.37. The predicted molar refractivity (Wildman–Crippen MR) is 45.3 cm³/mol. The molecule has 0 aliphatic heterocycles. The molecule has 2 heteroatoms. The van der Waals surface area contributed by atoms with E-state index < -0.39 is 0 Å².